The highest BCUT2D eigenvalue weighted by Gasteiger charge is 2.50. The fourth-order valence-corrected chi connectivity index (χ4v) is 2.37. The van der Waals surface area contributed by atoms with Gasteiger partial charge in [0.1, 0.15) is 6.04 Å². The number of carbonyl (C=O) groups is 3. The highest BCUT2D eigenvalue weighted by Crippen LogP contribution is 2.33. The van der Waals surface area contributed by atoms with Crippen molar-refractivity contribution >= 4 is 17.9 Å². The van der Waals surface area contributed by atoms with Crippen LogP contribution in [0.2, 0.25) is 0 Å². The van der Waals surface area contributed by atoms with Gasteiger partial charge in [0, 0.05) is 18.5 Å². The summed E-state index contributed by atoms with van der Waals surface area (Å²) >= 11 is 0. The molecule has 20 heavy (non-hydrogen) atoms. The van der Waals surface area contributed by atoms with E-state index in [0.29, 0.717) is 5.69 Å². The number of carboxylic acids is 3. The van der Waals surface area contributed by atoms with E-state index >= 15 is 0 Å². The number of fused-ring (bicyclic) bond motifs is 1. The van der Waals surface area contributed by atoms with Gasteiger partial charge < -0.3 is 20.3 Å². The topological polar surface area (TPSA) is 153 Å². The number of carboxylic acid groups (broad SMARTS) is 3. The molecule has 9 nitrogen and oxygen atoms in total. The zero-order chi connectivity index (χ0) is 14.9. The Morgan fingerprint density at radius 1 is 1.35 bits per heavy atom. The van der Waals surface area contributed by atoms with Crippen molar-refractivity contribution in [3.05, 3.63) is 17.7 Å². The number of aromatic amines is 1. The molecule has 0 aromatic carbocycles. The summed E-state index contributed by atoms with van der Waals surface area (Å²) in [4.78, 5) is 40.1. The van der Waals surface area contributed by atoms with Crippen LogP contribution < -0.4 is 5.32 Å². The van der Waals surface area contributed by atoms with Crippen molar-refractivity contribution in [2.75, 3.05) is 0 Å². The molecule has 0 saturated carbocycles. The molecule has 0 radical (unpaired) electrons. The Morgan fingerprint density at radius 3 is 2.60 bits per heavy atom. The van der Waals surface area contributed by atoms with Crippen LogP contribution in [0.15, 0.2) is 6.33 Å². The summed E-state index contributed by atoms with van der Waals surface area (Å²) in [5, 5.41) is 29.8. The largest absolute Gasteiger partial charge is 0.481 e. The second kappa shape index (κ2) is 4.93. The fraction of sp³-hybridized carbons (Fsp3) is 0.455. The molecule has 1 aliphatic rings. The first kappa shape index (κ1) is 14.0. The molecular formula is C11H13N3O6. The molecule has 5 N–H and O–H groups in total. The average molecular weight is 283 g/mol. The summed E-state index contributed by atoms with van der Waals surface area (Å²) in [5.41, 5.74) is -1.28. The number of nitrogens with one attached hydrogen (secondary N) is 2. The molecule has 2 rings (SSSR count). The van der Waals surface area contributed by atoms with Crippen molar-refractivity contribution < 1.29 is 29.7 Å². The van der Waals surface area contributed by atoms with Crippen LogP contribution in [0.25, 0.3) is 0 Å². The van der Waals surface area contributed by atoms with Crippen LogP contribution in [0, 0.1) is 0 Å². The molecule has 2 atom stereocenters. The first-order valence-electron chi connectivity index (χ1n) is 5.85. The van der Waals surface area contributed by atoms with Gasteiger partial charge in [-0.2, -0.15) is 0 Å². The monoisotopic (exact) mass is 283 g/mol. The van der Waals surface area contributed by atoms with E-state index in [2.05, 4.69) is 15.3 Å². The molecule has 2 heterocycles. The Balaban J connectivity index is 2.45. The van der Waals surface area contributed by atoms with Gasteiger partial charge in [0.15, 0.2) is 5.54 Å². The Kier molecular flexibility index (Phi) is 3.45. The molecule has 1 aromatic rings. The van der Waals surface area contributed by atoms with Crippen LogP contribution in [0.4, 0.5) is 0 Å². The van der Waals surface area contributed by atoms with Gasteiger partial charge in [0.2, 0.25) is 0 Å². The van der Waals surface area contributed by atoms with E-state index < -0.39 is 35.9 Å². The van der Waals surface area contributed by atoms with Crippen LogP contribution in [0.1, 0.15) is 24.2 Å². The van der Waals surface area contributed by atoms with Crippen molar-refractivity contribution in [2.24, 2.45) is 0 Å². The Labute approximate surface area is 112 Å². The second-order valence-electron chi connectivity index (χ2n) is 4.57. The quantitative estimate of drug-likeness (QED) is 0.468. The summed E-state index contributed by atoms with van der Waals surface area (Å²) < 4.78 is 0. The standard InChI is InChI=1S/C11H13N3O6/c15-7(16)1-2-11(10(19)20)8-5(12-4-13-8)3-6(14-11)9(17)18/h4,6,14H,1-3H2,(H,12,13)(H,15,16)(H,17,18)(H,19,20)/t6?,11-/m0/s1. The molecule has 0 aliphatic carbocycles. The summed E-state index contributed by atoms with van der Waals surface area (Å²) in [6, 6.07) is -1.12. The summed E-state index contributed by atoms with van der Waals surface area (Å²) in [5.74, 6) is -3.72. The van der Waals surface area contributed by atoms with Gasteiger partial charge in [-0.05, 0) is 6.42 Å². The first-order chi connectivity index (χ1) is 9.36. The number of aromatic nitrogens is 2. The maximum absolute atomic E-state index is 11.6. The van der Waals surface area contributed by atoms with Gasteiger partial charge in [0.05, 0.1) is 12.0 Å². The van der Waals surface area contributed by atoms with Crippen molar-refractivity contribution in [3.63, 3.8) is 0 Å². The van der Waals surface area contributed by atoms with Crippen molar-refractivity contribution in [2.45, 2.75) is 30.8 Å². The molecule has 108 valence electrons. The van der Waals surface area contributed by atoms with Gasteiger partial charge in [-0.1, -0.05) is 0 Å². The minimum absolute atomic E-state index is 0.0623. The predicted octanol–water partition coefficient (Wildman–Crippen LogP) is -0.847. The third-order valence-electron chi connectivity index (χ3n) is 3.33. The van der Waals surface area contributed by atoms with Crippen LogP contribution in [0.3, 0.4) is 0 Å². The Bertz CT molecular complexity index is 568. The summed E-state index contributed by atoms with van der Waals surface area (Å²) in [7, 11) is 0. The first-order valence-corrected chi connectivity index (χ1v) is 5.85. The number of nitrogens with zero attached hydrogens (tertiary/aromatic N) is 1. The van der Waals surface area contributed by atoms with E-state index in [0.717, 1.165) is 0 Å². The number of imidazole rings is 1. The van der Waals surface area contributed by atoms with Crippen LogP contribution in [-0.4, -0.2) is 49.2 Å². The van der Waals surface area contributed by atoms with E-state index in [9.17, 15) is 19.5 Å². The van der Waals surface area contributed by atoms with Gasteiger partial charge in [-0.3, -0.25) is 14.9 Å². The SMILES string of the molecule is O=C(O)CC[C@]1(C(=O)O)NC(C(=O)O)Cc2[nH]cnc21. The highest BCUT2D eigenvalue weighted by molar-refractivity contribution is 5.84. The zero-order valence-corrected chi connectivity index (χ0v) is 10.3. The third kappa shape index (κ3) is 2.23. The van der Waals surface area contributed by atoms with E-state index in [1.807, 2.05) is 0 Å². The molecule has 1 unspecified atom stereocenters. The number of hydrogen-bond acceptors (Lipinski definition) is 5. The van der Waals surface area contributed by atoms with Crippen molar-refractivity contribution in [1.82, 2.24) is 15.3 Å². The van der Waals surface area contributed by atoms with Crippen LogP contribution in [0.5, 0.6) is 0 Å². The second-order valence-corrected chi connectivity index (χ2v) is 4.57. The third-order valence-corrected chi connectivity index (χ3v) is 3.33. The lowest BCUT2D eigenvalue weighted by Crippen LogP contribution is -2.60. The Morgan fingerprint density at radius 2 is 2.05 bits per heavy atom. The average Bonchev–Trinajstić information content (AvgIpc) is 2.83. The minimum atomic E-state index is -1.81. The number of aliphatic carboxylic acids is 3. The molecule has 0 saturated heterocycles. The molecule has 0 bridgehead atoms. The van der Waals surface area contributed by atoms with Crippen LogP contribution in [-0.2, 0) is 26.3 Å². The van der Waals surface area contributed by atoms with Gasteiger partial charge in [-0.15, -0.1) is 0 Å². The molecule has 9 heteroatoms. The minimum Gasteiger partial charge on any atom is -0.481 e. The lowest BCUT2D eigenvalue weighted by molar-refractivity contribution is -0.149. The molecule has 0 amide bonds. The molecule has 0 spiro atoms. The number of rotatable bonds is 5. The lowest BCUT2D eigenvalue weighted by atomic mass is 9.82. The van der Waals surface area contributed by atoms with Crippen molar-refractivity contribution in [1.29, 1.82) is 0 Å². The molecular weight excluding hydrogens is 270 g/mol. The van der Waals surface area contributed by atoms with E-state index in [1.54, 1.807) is 0 Å². The number of H-pyrrole nitrogens is 1. The van der Waals surface area contributed by atoms with E-state index in [-0.39, 0.29) is 18.5 Å². The van der Waals surface area contributed by atoms with Crippen LogP contribution >= 0.6 is 0 Å². The predicted molar refractivity (Wildman–Crippen MR) is 63.0 cm³/mol. The Hall–Kier alpha value is -2.42. The van der Waals surface area contributed by atoms with Gasteiger partial charge in [-0.25, -0.2) is 9.78 Å². The smallest absolute Gasteiger partial charge is 0.330 e. The summed E-state index contributed by atoms with van der Waals surface area (Å²) in [6.07, 6.45) is 0.624. The molecule has 1 aromatic heterocycles. The normalized spacial score (nSPS) is 24.9. The zero-order valence-electron chi connectivity index (χ0n) is 10.3. The maximum atomic E-state index is 11.6. The van der Waals surface area contributed by atoms with Gasteiger partial charge in [0.25, 0.3) is 0 Å². The molecule has 1 aliphatic heterocycles. The number of hydrogen-bond donors (Lipinski definition) is 5. The maximum Gasteiger partial charge on any atom is 0.330 e. The lowest BCUT2D eigenvalue weighted by Gasteiger charge is -2.36. The summed E-state index contributed by atoms with van der Waals surface area (Å²) in [6.45, 7) is 0. The molecule has 0 fully saturated rings. The van der Waals surface area contributed by atoms with Crippen molar-refractivity contribution in [3.8, 4) is 0 Å². The highest BCUT2D eigenvalue weighted by atomic mass is 16.4. The van der Waals surface area contributed by atoms with E-state index in [4.69, 9.17) is 10.2 Å². The van der Waals surface area contributed by atoms with E-state index in [1.165, 1.54) is 6.33 Å². The fourth-order valence-electron chi connectivity index (χ4n) is 2.37. The van der Waals surface area contributed by atoms with Gasteiger partial charge >= 0.3 is 17.9 Å².